The first-order valence-corrected chi connectivity index (χ1v) is 9.73. The van der Waals surface area contributed by atoms with E-state index in [1.54, 1.807) is 18.2 Å². The van der Waals surface area contributed by atoms with E-state index in [1.807, 2.05) is 6.07 Å². The van der Waals surface area contributed by atoms with Gasteiger partial charge in [-0.3, -0.25) is 4.79 Å². The van der Waals surface area contributed by atoms with Crippen molar-refractivity contribution < 1.29 is 23.4 Å². The molecule has 0 aromatic heterocycles. The van der Waals surface area contributed by atoms with Crippen molar-refractivity contribution in [2.75, 3.05) is 26.4 Å². The number of fused-ring (bicyclic) bond motifs is 1. The molecule has 1 aliphatic rings. The van der Waals surface area contributed by atoms with Crippen LogP contribution < -0.4 is 19.5 Å². The van der Waals surface area contributed by atoms with Gasteiger partial charge < -0.3 is 19.5 Å². The third kappa shape index (κ3) is 6.02. The Morgan fingerprint density at radius 2 is 1.93 bits per heavy atom. The van der Waals surface area contributed by atoms with Crippen LogP contribution in [-0.4, -0.2) is 32.3 Å². The molecule has 0 unspecified atom stereocenters. The Kier molecular flexibility index (Phi) is 7.37. The number of amides is 1. The molecule has 2 aromatic rings. The van der Waals surface area contributed by atoms with Crippen LogP contribution in [-0.2, 0) is 11.2 Å². The predicted molar refractivity (Wildman–Crippen MR) is 105 cm³/mol. The molecule has 7 heteroatoms. The summed E-state index contributed by atoms with van der Waals surface area (Å²) in [5, 5.41) is 3.35. The number of halogens is 2. The number of hydrogen-bond acceptors (Lipinski definition) is 4. The van der Waals surface area contributed by atoms with Crippen LogP contribution in [0.1, 0.15) is 24.8 Å². The highest BCUT2D eigenvalue weighted by Gasteiger charge is 2.16. The Morgan fingerprint density at radius 3 is 2.75 bits per heavy atom. The number of ether oxygens (including phenoxy) is 3. The van der Waals surface area contributed by atoms with Gasteiger partial charge in [-0.15, -0.1) is 0 Å². The number of rotatable bonds is 8. The van der Waals surface area contributed by atoms with Gasteiger partial charge in [0.15, 0.2) is 11.5 Å². The highest BCUT2D eigenvalue weighted by atomic mass is 35.5. The van der Waals surface area contributed by atoms with Crippen LogP contribution in [0.3, 0.4) is 0 Å². The molecule has 0 fully saturated rings. The van der Waals surface area contributed by atoms with Gasteiger partial charge in [0.05, 0.1) is 31.3 Å². The van der Waals surface area contributed by atoms with E-state index in [1.165, 1.54) is 12.1 Å². The third-order valence-electron chi connectivity index (χ3n) is 4.20. The fourth-order valence-corrected chi connectivity index (χ4v) is 3.10. The standard InChI is InChI=1S/C21H23ClFNO4/c22-18-12-15(13-19-21(18)28-11-3-10-27-19)14-20(25)24-8-1-2-9-26-17-6-4-16(23)5-7-17/h4-7,12-13H,1-3,8-11,14H2,(H,24,25). The summed E-state index contributed by atoms with van der Waals surface area (Å²) in [6.45, 7) is 2.21. The Bertz CT molecular complexity index is 798. The number of carbonyl (C=O) groups is 1. The Balaban J connectivity index is 1.37. The first kappa shape index (κ1) is 20.3. The summed E-state index contributed by atoms with van der Waals surface area (Å²) in [7, 11) is 0. The van der Waals surface area contributed by atoms with Gasteiger partial charge in [-0.2, -0.15) is 0 Å². The van der Waals surface area contributed by atoms with E-state index in [9.17, 15) is 9.18 Å². The van der Waals surface area contributed by atoms with Gasteiger partial charge in [0, 0.05) is 13.0 Å². The molecule has 1 amide bonds. The molecule has 0 spiro atoms. The molecule has 3 rings (SSSR count). The molecule has 0 bridgehead atoms. The van der Waals surface area contributed by atoms with E-state index in [-0.39, 0.29) is 18.1 Å². The van der Waals surface area contributed by atoms with Crippen molar-refractivity contribution in [2.24, 2.45) is 0 Å². The Labute approximate surface area is 168 Å². The number of nitrogens with one attached hydrogen (secondary N) is 1. The molecule has 0 saturated heterocycles. The van der Waals surface area contributed by atoms with Crippen LogP contribution in [0.5, 0.6) is 17.2 Å². The minimum atomic E-state index is -0.287. The molecular formula is C21H23ClFNO4. The average Bonchev–Trinajstić information content (AvgIpc) is 2.92. The van der Waals surface area contributed by atoms with Crippen molar-refractivity contribution in [1.82, 2.24) is 5.32 Å². The smallest absolute Gasteiger partial charge is 0.224 e. The predicted octanol–water partition coefficient (Wildman–Crippen LogP) is 4.16. The zero-order chi connectivity index (χ0) is 19.8. The SMILES string of the molecule is O=C(Cc1cc(Cl)c2c(c1)OCCCO2)NCCCCOc1ccc(F)cc1. The van der Waals surface area contributed by atoms with Crippen molar-refractivity contribution in [2.45, 2.75) is 25.7 Å². The summed E-state index contributed by atoms with van der Waals surface area (Å²) in [5.74, 6) is 1.40. The van der Waals surface area contributed by atoms with E-state index in [2.05, 4.69) is 5.32 Å². The van der Waals surface area contributed by atoms with Gasteiger partial charge in [0.2, 0.25) is 5.91 Å². The molecule has 0 aliphatic carbocycles. The molecular weight excluding hydrogens is 385 g/mol. The van der Waals surface area contributed by atoms with Gasteiger partial charge in [-0.25, -0.2) is 4.39 Å². The molecule has 28 heavy (non-hydrogen) atoms. The summed E-state index contributed by atoms with van der Waals surface area (Å²) < 4.78 is 29.6. The number of benzene rings is 2. The van der Waals surface area contributed by atoms with Crippen LogP contribution in [0.2, 0.25) is 5.02 Å². The second kappa shape index (κ2) is 10.2. The average molecular weight is 408 g/mol. The quantitative estimate of drug-likeness (QED) is 0.667. The molecule has 0 atom stereocenters. The molecule has 0 saturated carbocycles. The normalized spacial score (nSPS) is 12.9. The van der Waals surface area contributed by atoms with Crippen LogP contribution >= 0.6 is 11.6 Å². The van der Waals surface area contributed by atoms with Crippen molar-refractivity contribution in [3.8, 4) is 17.2 Å². The fraction of sp³-hybridized carbons (Fsp3) is 0.381. The van der Waals surface area contributed by atoms with Crippen LogP contribution in [0.15, 0.2) is 36.4 Å². The van der Waals surface area contributed by atoms with Crippen LogP contribution in [0.4, 0.5) is 4.39 Å². The van der Waals surface area contributed by atoms with E-state index in [0.717, 1.165) is 24.8 Å². The number of carbonyl (C=O) groups excluding carboxylic acids is 1. The first-order chi connectivity index (χ1) is 13.6. The summed E-state index contributed by atoms with van der Waals surface area (Å²) in [6.07, 6.45) is 2.59. The van der Waals surface area contributed by atoms with Crippen LogP contribution in [0, 0.1) is 5.82 Å². The van der Waals surface area contributed by atoms with Gasteiger partial charge in [-0.1, -0.05) is 11.6 Å². The monoisotopic (exact) mass is 407 g/mol. The maximum Gasteiger partial charge on any atom is 0.224 e. The van der Waals surface area contributed by atoms with Gasteiger partial charge >= 0.3 is 0 Å². The summed E-state index contributed by atoms with van der Waals surface area (Å²) in [6, 6.07) is 9.46. The van der Waals surface area contributed by atoms with E-state index in [0.29, 0.717) is 48.6 Å². The Hall–Kier alpha value is -2.47. The maximum atomic E-state index is 12.8. The largest absolute Gasteiger partial charge is 0.494 e. The summed E-state index contributed by atoms with van der Waals surface area (Å²) in [5.41, 5.74) is 0.784. The Morgan fingerprint density at radius 1 is 1.14 bits per heavy atom. The lowest BCUT2D eigenvalue weighted by molar-refractivity contribution is -0.120. The summed E-state index contributed by atoms with van der Waals surface area (Å²) in [4.78, 5) is 12.2. The highest BCUT2D eigenvalue weighted by Crippen LogP contribution is 2.38. The second-order valence-electron chi connectivity index (χ2n) is 6.49. The molecule has 2 aromatic carbocycles. The molecule has 0 radical (unpaired) electrons. The van der Waals surface area contributed by atoms with Crippen LogP contribution in [0.25, 0.3) is 0 Å². The van der Waals surface area contributed by atoms with Gasteiger partial charge in [-0.05, 0) is 54.8 Å². The maximum absolute atomic E-state index is 12.8. The third-order valence-corrected chi connectivity index (χ3v) is 4.48. The minimum Gasteiger partial charge on any atom is -0.494 e. The van der Waals surface area contributed by atoms with E-state index < -0.39 is 0 Å². The molecule has 150 valence electrons. The topological polar surface area (TPSA) is 56.8 Å². The van der Waals surface area contributed by atoms with Gasteiger partial charge in [0.1, 0.15) is 11.6 Å². The zero-order valence-corrected chi connectivity index (χ0v) is 16.3. The highest BCUT2D eigenvalue weighted by molar-refractivity contribution is 6.32. The minimum absolute atomic E-state index is 0.0787. The van der Waals surface area contributed by atoms with Crippen molar-refractivity contribution in [3.63, 3.8) is 0 Å². The first-order valence-electron chi connectivity index (χ1n) is 9.35. The van der Waals surface area contributed by atoms with Crippen molar-refractivity contribution in [3.05, 3.63) is 52.8 Å². The lowest BCUT2D eigenvalue weighted by Crippen LogP contribution is -2.26. The zero-order valence-electron chi connectivity index (χ0n) is 15.5. The number of unbranched alkanes of at least 4 members (excludes halogenated alkanes) is 1. The lowest BCUT2D eigenvalue weighted by atomic mass is 10.1. The van der Waals surface area contributed by atoms with E-state index >= 15 is 0 Å². The second-order valence-corrected chi connectivity index (χ2v) is 6.90. The molecule has 5 nitrogen and oxygen atoms in total. The lowest BCUT2D eigenvalue weighted by Gasteiger charge is -2.12. The molecule has 1 heterocycles. The van der Waals surface area contributed by atoms with Crippen molar-refractivity contribution >= 4 is 17.5 Å². The fourth-order valence-electron chi connectivity index (χ4n) is 2.81. The number of hydrogen-bond donors (Lipinski definition) is 1. The molecule has 1 aliphatic heterocycles. The van der Waals surface area contributed by atoms with Gasteiger partial charge in [0.25, 0.3) is 0 Å². The van der Waals surface area contributed by atoms with E-state index in [4.69, 9.17) is 25.8 Å². The summed E-state index contributed by atoms with van der Waals surface area (Å²) >= 11 is 6.25. The van der Waals surface area contributed by atoms with Crippen molar-refractivity contribution in [1.29, 1.82) is 0 Å². The molecule has 1 N–H and O–H groups in total.